The predicted molar refractivity (Wildman–Crippen MR) is 59.3 cm³/mol. The van der Waals surface area contributed by atoms with Gasteiger partial charge >= 0.3 is 0 Å². The van der Waals surface area contributed by atoms with E-state index in [0.717, 1.165) is 32.2 Å². The molecule has 0 saturated carbocycles. The van der Waals surface area contributed by atoms with Crippen molar-refractivity contribution in [3.05, 3.63) is 0 Å². The molecule has 4 heteroatoms. The van der Waals surface area contributed by atoms with Crippen LogP contribution in [0.25, 0.3) is 0 Å². The Balaban J connectivity index is 3.32. The van der Waals surface area contributed by atoms with Crippen molar-refractivity contribution in [3.63, 3.8) is 0 Å². The molecule has 4 nitrogen and oxygen atoms in total. The molecule has 0 fully saturated rings. The zero-order chi connectivity index (χ0) is 11.4. The van der Waals surface area contributed by atoms with Gasteiger partial charge in [-0.25, -0.2) is 0 Å². The highest BCUT2D eigenvalue weighted by Gasteiger charge is 2.02. The van der Waals surface area contributed by atoms with E-state index >= 15 is 0 Å². The molecule has 0 aromatic heterocycles. The normalized spacial score (nSPS) is 10.5. The van der Waals surface area contributed by atoms with Crippen LogP contribution in [0.1, 0.15) is 32.1 Å². The third kappa shape index (κ3) is 9.67. The van der Waals surface area contributed by atoms with Gasteiger partial charge < -0.3 is 10.2 Å². The van der Waals surface area contributed by atoms with Gasteiger partial charge in [0, 0.05) is 19.5 Å². The van der Waals surface area contributed by atoms with Crippen LogP contribution in [0.2, 0.25) is 0 Å². The molecular formula is C11H22N2O2. The lowest BCUT2D eigenvalue weighted by Gasteiger charge is -2.19. The van der Waals surface area contributed by atoms with Gasteiger partial charge in [-0.3, -0.25) is 4.90 Å². The molecule has 0 aliphatic carbocycles. The zero-order valence-corrected chi connectivity index (χ0v) is 9.36. The standard InChI is InChI=1S/C11H22N2O2/c12-6-4-2-1-3-5-7-13(8-10-14)9-11-15/h14-15H,1-5,7-11H2. The van der Waals surface area contributed by atoms with Crippen LogP contribution in [-0.4, -0.2) is 48.0 Å². The number of nitrogens with zero attached hydrogens (tertiary/aromatic N) is 2. The Kier molecular flexibility index (Phi) is 11.0. The summed E-state index contributed by atoms with van der Waals surface area (Å²) in [5.41, 5.74) is 0. The molecule has 88 valence electrons. The van der Waals surface area contributed by atoms with Crippen LogP contribution in [0.15, 0.2) is 0 Å². The van der Waals surface area contributed by atoms with Crippen LogP contribution in [0, 0.1) is 11.3 Å². The maximum Gasteiger partial charge on any atom is 0.0621 e. The number of aliphatic hydroxyl groups is 2. The quantitative estimate of drug-likeness (QED) is 0.527. The van der Waals surface area contributed by atoms with Crippen LogP contribution in [0.4, 0.5) is 0 Å². The van der Waals surface area contributed by atoms with E-state index in [1.807, 2.05) is 0 Å². The van der Waals surface area contributed by atoms with E-state index in [-0.39, 0.29) is 13.2 Å². The van der Waals surface area contributed by atoms with Crippen LogP contribution in [-0.2, 0) is 0 Å². The number of rotatable bonds is 10. The Morgan fingerprint density at radius 3 is 2.00 bits per heavy atom. The van der Waals surface area contributed by atoms with Crippen LogP contribution < -0.4 is 0 Å². The summed E-state index contributed by atoms with van der Waals surface area (Å²) in [7, 11) is 0. The second kappa shape index (κ2) is 11.4. The van der Waals surface area contributed by atoms with Crippen molar-refractivity contribution in [3.8, 4) is 6.07 Å². The Morgan fingerprint density at radius 1 is 0.867 bits per heavy atom. The first-order valence-corrected chi connectivity index (χ1v) is 5.66. The third-order valence-corrected chi connectivity index (χ3v) is 2.35. The highest BCUT2D eigenvalue weighted by molar-refractivity contribution is 4.68. The van der Waals surface area contributed by atoms with E-state index in [2.05, 4.69) is 11.0 Å². The van der Waals surface area contributed by atoms with Gasteiger partial charge in [0.1, 0.15) is 0 Å². The Labute approximate surface area is 92.1 Å². The monoisotopic (exact) mass is 214 g/mol. The Bertz CT molecular complexity index is 162. The van der Waals surface area contributed by atoms with Gasteiger partial charge in [0.15, 0.2) is 0 Å². The third-order valence-electron chi connectivity index (χ3n) is 2.35. The SMILES string of the molecule is N#CCCCCCCN(CCO)CCO. The van der Waals surface area contributed by atoms with Crippen molar-refractivity contribution in [1.29, 1.82) is 5.26 Å². The van der Waals surface area contributed by atoms with E-state index in [4.69, 9.17) is 15.5 Å². The predicted octanol–water partition coefficient (Wildman–Crippen LogP) is 0.747. The first-order valence-electron chi connectivity index (χ1n) is 5.66. The number of hydrogen-bond donors (Lipinski definition) is 2. The maximum absolute atomic E-state index is 8.78. The van der Waals surface area contributed by atoms with E-state index in [9.17, 15) is 0 Å². The Hall–Kier alpha value is -0.630. The molecule has 0 unspecified atom stereocenters. The lowest BCUT2D eigenvalue weighted by atomic mass is 10.1. The topological polar surface area (TPSA) is 67.5 Å². The molecular weight excluding hydrogens is 192 g/mol. The molecule has 0 bridgehead atoms. The minimum atomic E-state index is 0.147. The van der Waals surface area contributed by atoms with E-state index in [0.29, 0.717) is 19.5 Å². The lowest BCUT2D eigenvalue weighted by molar-refractivity contribution is 0.159. The van der Waals surface area contributed by atoms with Gasteiger partial charge in [-0.05, 0) is 19.4 Å². The molecule has 0 atom stereocenters. The first-order chi connectivity index (χ1) is 7.35. The fraction of sp³-hybridized carbons (Fsp3) is 0.909. The lowest BCUT2D eigenvalue weighted by Crippen LogP contribution is -2.30. The molecule has 2 N–H and O–H groups in total. The highest BCUT2D eigenvalue weighted by atomic mass is 16.3. The molecule has 0 spiro atoms. The van der Waals surface area contributed by atoms with Gasteiger partial charge in [0.25, 0.3) is 0 Å². The van der Waals surface area contributed by atoms with E-state index in [1.54, 1.807) is 0 Å². The molecule has 0 rings (SSSR count). The van der Waals surface area contributed by atoms with Gasteiger partial charge in [0.2, 0.25) is 0 Å². The summed E-state index contributed by atoms with van der Waals surface area (Å²) < 4.78 is 0. The summed E-state index contributed by atoms with van der Waals surface area (Å²) in [5, 5.41) is 25.9. The molecule has 0 saturated heterocycles. The number of nitriles is 1. The number of unbranched alkanes of at least 4 members (excludes halogenated alkanes) is 4. The minimum Gasteiger partial charge on any atom is -0.395 e. The van der Waals surface area contributed by atoms with Gasteiger partial charge in [-0.15, -0.1) is 0 Å². The average Bonchev–Trinajstić information content (AvgIpc) is 2.24. The largest absolute Gasteiger partial charge is 0.395 e. The maximum atomic E-state index is 8.78. The molecule has 0 aliphatic rings. The second-order valence-corrected chi connectivity index (χ2v) is 3.61. The molecule has 0 radical (unpaired) electrons. The minimum absolute atomic E-state index is 0.147. The number of aliphatic hydroxyl groups excluding tert-OH is 2. The van der Waals surface area contributed by atoms with E-state index in [1.165, 1.54) is 0 Å². The summed E-state index contributed by atoms with van der Waals surface area (Å²) in [5.74, 6) is 0. The number of hydrogen-bond acceptors (Lipinski definition) is 4. The van der Waals surface area contributed by atoms with Crippen LogP contribution in [0.5, 0.6) is 0 Å². The second-order valence-electron chi connectivity index (χ2n) is 3.61. The summed E-state index contributed by atoms with van der Waals surface area (Å²) in [6, 6.07) is 2.13. The zero-order valence-electron chi connectivity index (χ0n) is 9.36. The first kappa shape index (κ1) is 14.4. The highest BCUT2D eigenvalue weighted by Crippen LogP contribution is 2.03. The average molecular weight is 214 g/mol. The smallest absolute Gasteiger partial charge is 0.0621 e. The van der Waals surface area contributed by atoms with Crippen LogP contribution in [0.3, 0.4) is 0 Å². The molecule has 0 aromatic carbocycles. The Morgan fingerprint density at radius 2 is 1.47 bits per heavy atom. The fourth-order valence-electron chi connectivity index (χ4n) is 1.51. The van der Waals surface area contributed by atoms with Crippen LogP contribution >= 0.6 is 0 Å². The van der Waals surface area contributed by atoms with Gasteiger partial charge in [-0.1, -0.05) is 12.8 Å². The summed E-state index contributed by atoms with van der Waals surface area (Å²) in [6.07, 6.45) is 4.92. The molecule has 0 aliphatic heterocycles. The summed E-state index contributed by atoms with van der Waals surface area (Å²) >= 11 is 0. The van der Waals surface area contributed by atoms with Crippen molar-refractivity contribution in [1.82, 2.24) is 4.90 Å². The van der Waals surface area contributed by atoms with E-state index < -0.39 is 0 Å². The molecule has 0 aromatic rings. The van der Waals surface area contributed by atoms with Gasteiger partial charge in [-0.2, -0.15) is 5.26 Å². The van der Waals surface area contributed by atoms with Crippen molar-refractivity contribution in [2.75, 3.05) is 32.8 Å². The molecule has 0 amide bonds. The van der Waals surface area contributed by atoms with Crippen molar-refractivity contribution < 1.29 is 10.2 Å². The molecule has 15 heavy (non-hydrogen) atoms. The summed E-state index contributed by atoms with van der Waals surface area (Å²) in [4.78, 5) is 2.06. The fourth-order valence-corrected chi connectivity index (χ4v) is 1.51. The van der Waals surface area contributed by atoms with Crippen molar-refractivity contribution >= 4 is 0 Å². The molecule has 0 heterocycles. The van der Waals surface area contributed by atoms with Crippen molar-refractivity contribution in [2.24, 2.45) is 0 Å². The van der Waals surface area contributed by atoms with Gasteiger partial charge in [0.05, 0.1) is 19.3 Å². The van der Waals surface area contributed by atoms with Crippen molar-refractivity contribution in [2.45, 2.75) is 32.1 Å². The summed E-state index contributed by atoms with van der Waals surface area (Å²) in [6.45, 7) is 2.49.